The molecule has 1 aromatic carbocycles. The van der Waals surface area contributed by atoms with E-state index in [4.69, 9.17) is 0 Å². The Morgan fingerprint density at radius 1 is 1.27 bits per heavy atom. The van der Waals surface area contributed by atoms with Crippen molar-refractivity contribution in [2.24, 2.45) is 0 Å². The van der Waals surface area contributed by atoms with Gasteiger partial charge in [-0.2, -0.15) is 0 Å². The predicted octanol–water partition coefficient (Wildman–Crippen LogP) is 1.90. The van der Waals surface area contributed by atoms with Gasteiger partial charge in [-0.1, -0.05) is 30.3 Å². The Hall–Kier alpha value is -1.77. The number of nitrogens with one attached hydrogen (secondary N) is 2. The van der Waals surface area contributed by atoms with Crippen molar-refractivity contribution in [1.82, 2.24) is 15.6 Å². The molecule has 8 heteroatoms. The molecule has 0 unspecified atom stereocenters. The summed E-state index contributed by atoms with van der Waals surface area (Å²) in [6, 6.07) is 9.86. The zero-order valence-corrected chi connectivity index (χ0v) is 16.5. The summed E-state index contributed by atoms with van der Waals surface area (Å²) >= 11 is 1.52. The second-order valence-corrected chi connectivity index (χ2v) is 10.0. The quantitative estimate of drug-likeness (QED) is 0.810. The highest BCUT2D eigenvalue weighted by atomic mass is 32.2. The number of benzene rings is 1. The van der Waals surface area contributed by atoms with Crippen molar-refractivity contribution in [3.8, 4) is 10.6 Å². The maximum absolute atomic E-state index is 12.8. The second-order valence-electron chi connectivity index (χ2n) is 6.59. The maximum Gasteiger partial charge on any atom is 0.241 e. The minimum atomic E-state index is -3.50. The highest BCUT2D eigenvalue weighted by molar-refractivity contribution is 7.92. The molecule has 0 aliphatic carbocycles. The molecule has 140 valence electrons. The molecular formula is C18H23N3O3S2. The van der Waals surface area contributed by atoms with Crippen LogP contribution < -0.4 is 10.6 Å². The Kier molecular flexibility index (Phi) is 5.45. The molecule has 0 bridgehead atoms. The van der Waals surface area contributed by atoms with E-state index in [0.717, 1.165) is 27.4 Å². The summed E-state index contributed by atoms with van der Waals surface area (Å²) < 4.78 is 23.3. The summed E-state index contributed by atoms with van der Waals surface area (Å²) in [5.41, 5.74) is 1.89. The van der Waals surface area contributed by atoms with Gasteiger partial charge in [0.25, 0.3) is 0 Å². The summed E-state index contributed by atoms with van der Waals surface area (Å²) in [6.45, 7) is 3.25. The summed E-state index contributed by atoms with van der Waals surface area (Å²) in [4.78, 5) is 18.3. The molecule has 26 heavy (non-hydrogen) atoms. The average Bonchev–Trinajstić information content (AvgIpc) is 3.01. The van der Waals surface area contributed by atoms with Crippen molar-refractivity contribution in [3.05, 3.63) is 40.9 Å². The van der Waals surface area contributed by atoms with Crippen LogP contribution in [-0.2, 0) is 21.2 Å². The molecule has 0 atom stereocenters. The van der Waals surface area contributed by atoms with E-state index in [1.54, 1.807) is 0 Å². The second kappa shape index (κ2) is 7.46. The van der Waals surface area contributed by atoms with E-state index in [0.29, 0.717) is 32.5 Å². The van der Waals surface area contributed by atoms with Gasteiger partial charge in [0.1, 0.15) is 5.01 Å². The minimum absolute atomic E-state index is 0.292. The Balaban J connectivity index is 1.76. The highest BCUT2D eigenvalue weighted by Crippen LogP contribution is 2.30. The van der Waals surface area contributed by atoms with Gasteiger partial charge in [-0.3, -0.25) is 4.79 Å². The summed E-state index contributed by atoms with van der Waals surface area (Å²) in [7, 11) is -3.50. The van der Waals surface area contributed by atoms with Crippen LogP contribution >= 0.6 is 11.3 Å². The third-order valence-electron chi connectivity index (χ3n) is 4.86. The van der Waals surface area contributed by atoms with Crippen molar-refractivity contribution in [2.45, 2.75) is 31.1 Å². The lowest BCUT2D eigenvalue weighted by atomic mass is 9.96. The number of aryl methyl sites for hydroxylation is 1. The topological polar surface area (TPSA) is 88.2 Å². The molecule has 2 aromatic rings. The molecule has 0 spiro atoms. The van der Waals surface area contributed by atoms with Crippen LogP contribution in [0.15, 0.2) is 30.3 Å². The predicted molar refractivity (Wildman–Crippen MR) is 104 cm³/mol. The maximum atomic E-state index is 12.8. The average molecular weight is 394 g/mol. The number of aromatic nitrogens is 1. The minimum Gasteiger partial charge on any atom is -0.350 e. The van der Waals surface area contributed by atoms with Gasteiger partial charge in [0.15, 0.2) is 14.6 Å². The number of hydrogen-bond donors (Lipinski definition) is 2. The molecule has 2 N–H and O–H groups in total. The number of carbonyl (C=O) groups excluding carboxylic acids is 1. The number of rotatable bonds is 5. The van der Waals surface area contributed by atoms with E-state index in [-0.39, 0.29) is 0 Å². The monoisotopic (exact) mass is 393 g/mol. The van der Waals surface area contributed by atoms with Gasteiger partial charge >= 0.3 is 0 Å². The molecule has 1 fully saturated rings. The molecule has 0 radical (unpaired) electrons. The molecule has 2 heterocycles. The van der Waals surface area contributed by atoms with Gasteiger partial charge in [-0.25, -0.2) is 13.4 Å². The molecular weight excluding hydrogens is 370 g/mol. The number of carbonyl (C=O) groups is 1. The van der Waals surface area contributed by atoms with E-state index in [9.17, 15) is 13.2 Å². The van der Waals surface area contributed by atoms with Gasteiger partial charge in [-0.15, -0.1) is 11.3 Å². The molecule has 1 saturated heterocycles. The highest BCUT2D eigenvalue weighted by Gasteiger charge is 2.48. The standard InChI is InChI=1S/C18H23N3O3S2/c1-13-15(25-16(21-13)14-6-4-3-5-7-14)12-20-17(22)18(26(2,23)24)8-10-19-11-9-18/h3-7,19H,8-12H2,1-2H3,(H,20,22). The van der Waals surface area contributed by atoms with E-state index in [1.165, 1.54) is 11.3 Å². The zero-order valence-electron chi connectivity index (χ0n) is 14.9. The first-order valence-corrected chi connectivity index (χ1v) is 11.2. The van der Waals surface area contributed by atoms with Gasteiger partial charge < -0.3 is 10.6 Å². The fourth-order valence-electron chi connectivity index (χ4n) is 3.21. The van der Waals surface area contributed by atoms with Crippen LogP contribution in [0.1, 0.15) is 23.4 Å². The first-order valence-electron chi connectivity index (χ1n) is 8.54. The smallest absolute Gasteiger partial charge is 0.241 e. The summed E-state index contributed by atoms with van der Waals surface area (Å²) in [5, 5.41) is 6.86. The van der Waals surface area contributed by atoms with Gasteiger partial charge in [0.2, 0.25) is 5.91 Å². The fourth-order valence-corrected chi connectivity index (χ4v) is 5.58. The van der Waals surface area contributed by atoms with Crippen LogP contribution in [0.3, 0.4) is 0 Å². The first kappa shape index (κ1) is 19.0. The molecule has 1 aliphatic rings. The van der Waals surface area contributed by atoms with Gasteiger partial charge in [0, 0.05) is 16.7 Å². The zero-order chi connectivity index (χ0) is 18.8. The molecule has 6 nitrogen and oxygen atoms in total. The first-order chi connectivity index (χ1) is 12.3. The van der Waals surface area contributed by atoms with Crippen LogP contribution in [0.5, 0.6) is 0 Å². The number of nitrogens with zero attached hydrogens (tertiary/aromatic N) is 1. The molecule has 3 rings (SSSR count). The number of piperidine rings is 1. The molecule has 1 amide bonds. The van der Waals surface area contributed by atoms with Crippen LogP contribution in [0.4, 0.5) is 0 Å². The van der Waals surface area contributed by atoms with Gasteiger partial charge in [-0.05, 0) is 32.9 Å². The fraction of sp³-hybridized carbons (Fsp3) is 0.444. The van der Waals surface area contributed by atoms with E-state index < -0.39 is 20.5 Å². The third kappa shape index (κ3) is 3.67. The Labute approximate surface area is 158 Å². The van der Waals surface area contributed by atoms with Crippen LogP contribution in [0.2, 0.25) is 0 Å². The Bertz CT molecular complexity index is 886. The molecule has 0 saturated carbocycles. The lowest BCUT2D eigenvalue weighted by molar-refractivity contribution is -0.124. The van der Waals surface area contributed by atoms with Crippen LogP contribution in [0.25, 0.3) is 10.6 Å². The number of amides is 1. The SMILES string of the molecule is Cc1nc(-c2ccccc2)sc1CNC(=O)C1(S(C)(=O)=O)CCNCC1. The third-order valence-corrected chi connectivity index (χ3v) is 8.08. The largest absolute Gasteiger partial charge is 0.350 e. The van der Waals surface area contributed by atoms with Crippen molar-refractivity contribution in [2.75, 3.05) is 19.3 Å². The molecule has 1 aromatic heterocycles. The van der Waals surface area contributed by atoms with E-state index in [1.807, 2.05) is 37.3 Å². The van der Waals surface area contributed by atoms with Gasteiger partial charge in [0.05, 0.1) is 12.2 Å². The molecule has 1 aliphatic heterocycles. The van der Waals surface area contributed by atoms with Crippen LogP contribution in [0, 0.1) is 6.92 Å². The lowest BCUT2D eigenvalue weighted by Gasteiger charge is -2.34. The lowest BCUT2D eigenvalue weighted by Crippen LogP contribution is -2.57. The number of thiazole rings is 1. The Morgan fingerprint density at radius 3 is 2.54 bits per heavy atom. The van der Waals surface area contributed by atoms with Crippen molar-refractivity contribution in [1.29, 1.82) is 0 Å². The summed E-state index contributed by atoms with van der Waals surface area (Å²) in [5.74, 6) is -0.407. The van der Waals surface area contributed by atoms with E-state index >= 15 is 0 Å². The van der Waals surface area contributed by atoms with Crippen molar-refractivity contribution < 1.29 is 13.2 Å². The van der Waals surface area contributed by atoms with E-state index in [2.05, 4.69) is 15.6 Å². The van der Waals surface area contributed by atoms with Crippen LogP contribution in [-0.4, -0.2) is 43.4 Å². The van der Waals surface area contributed by atoms with Crippen molar-refractivity contribution >= 4 is 27.1 Å². The Morgan fingerprint density at radius 2 is 1.92 bits per heavy atom. The number of sulfone groups is 1. The number of hydrogen-bond acceptors (Lipinski definition) is 6. The van der Waals surface area contributed by atoms with Crippen molar-refractivity contribution in [3.63, 3.8) is 0 Å². The summed E-state index contributed by atoms with van der Waals surface area (Å²) in [6.07, 6.45) is 1.76. The normalized spacial score (nSPS) is 17.0.